The van der Waals surface area contributed by atoms with Crippen LogP contribution in [0.2, 0.25) is 0 Å². The third-order valence-corrected chi connectivity index (χ3v) is 4.52. The summed E-state index contributed by atoms with van der Waals surface area (Å²) in [5, 5.41) is 6.17. The Morgan fingerprint density at radius 3 is 2.70 bits per heavy atom. The molecular formula is C20H34N6O. The maximum atomic E-state index is 12.0. The Labute approximate surface area is 162 Å². The smallest absolute Gasteiger partial charge is 0.234 e. The molecule has 0 radical (unpaired) electrons. The number of aromatic nitrogens is 1. The fourth-order valence-corrected chi connectivity index (χ4v) is 3.14. The second-order valence-electron chi connectivity index (χ2n) is 8.24. The minimum absolute atomic E-state index is 0.0975. The average molecular weight is 375 g/mol. The van der Waals surface area contributed by atoms with Crippen molar-refractivity contribution in [2.45, 2.75) is 45.6 Å². The largest absolute Gasteiger partial charge is 0.370 e. The highest BCUT2D eigenvalue weighted by Gasteiger charge is 2.22. The van der Waals surface area contributed by atoms with E-state index in [0.717, 1.165) is 51.1 Å². The van der Waals surface area contributed by atoms with Gasteiger partial charge in [0.05, 0.1) is 6.54 Å². The molecule has 2 rings (SSSR count). The number of piperidine rings is 1. The van der Waals surface area contributed by atoms with Crippen LogP contribution in [0.1, 0.15) is 39.3 Å². The van der Waals surface area contributed by atoms with E-state index in [-0.39, 0.29) is 11.4 Å². The summed E-state index contributed by atoms with van der Waals surface area (Å²) in [5.74, 6) is 1.13. The SMILES string of the molecule is CC(C)(C)NC(=O)CN1CCC(CN=C(N)NCCc2ccccn2)CC1. The average Bonchev–Trinajstić information content (AvgIpc) is 2.60. The lowest BCUT2D eigenvalue weighted by molar-refractivity contribution is -0.124. The van der Waals surface area contributed by atoms with Crippen LogP contribution < -0.4 is 16.4 Å². The van der Waals surface area contributed by atoms with Crippen LogP contribution in [0.5, 0.6) is 0 Å². The topological polar surface area (TPSA) is 95.6 Å². The number of carbonyl (C=O) groups excluding carboxylic acids is 1. The molecule has 1 fully saturated rings. The number of carbonyl (C=O) groups is 1. The zero-order valence-electron chi connectivity index (χ0n) is 16.9. The van der Waals surface area contributed by atoms with Crippen LogP contribution in [0.3, 0.4) is 0 Å². The number of likely N-dealkylation sites (tertiary alicyclic amines) is 1. The summed E-state index contributed by atoms with van der Waals surface area (Å²) in [6.07, 6.45) is 4.72. The van der Waals surface area contributed by atoms with Gasteiger partial charge in [0, 0.05) is 36.9 Å². The number of guanidine groups is 1. The molecule has 1 amide bonds. The van der Waals surface area contributed by atoms with Gasteiger partial charge < -0.3 is 16.4 Å². The van der Waals surface area contributed by atoms with E-state index in [2.05, 4.69) is 25.5 Å². The van der Waals surface area contributed by atoms with Crippen molar-refractivity contribution in [1.29, 1.82) is 0 Å². The molecule has 7 nitrogen and oxygen atoms in total. The number of hydrogen-bond acceptors (Lipinski definition) is 4. The zero-order chi connectivity index (χ0) is 19.7. The molecule has 2 heterocycles. The Hall–Kier alpha value is -2.15. The Bertz CT molecular complexity index is 603. The first-order valence-corrected chi connectivity index (χ1v) is 9.79. The molecule has 0 aliphatic carbocycles. The standard InChI is InChI=1S/C20H34N6O/c1-20(2,3)25-18(27)15-26-12-8-16(9-13-26)14-24-19(21)23-11-7-17-6-4-5-10-22-17/h4-6,10,16H,7-9,11-15H2,1-3H3,(H,25,27)(H3,21,23,24). The first-order valence-electron chi connectivity index (χ1n) is 9.79. The first-order chi connectivity index (χ1) is 12.8. The minimum Gasteiger partial charge on any atom is -0.370 e. The Morgan fingerprint density at radius 2 is 2.07 bits per heavy atom. The number of nitrogens with one attached hydrogen (secondary N) is 2. The van der Waals surface area contributed by atoms with Crippen molar-refractivity contribution in [2.24, 2.45) is 16.6 Å². The van der Waals surface area contributed by atoms with Crippen molar-refractivity contribution >= 4 is 11.9 Å². The predicted molar refractivity (Wildman–Crippen MR) is 109 cm³/mol. The minimum atomic E-state index is -0.175. The molecule has 0 bridgehead atoms. The summed E-state index contributed by atoms with van der Waals surface area (Å²) in [4.78, 5) is 23.0. The number of aliphatic imine (C=N–C) groups is 1. The lowest BCUT2D eigenvalue weighted by Gasteiger charge is -2.31. The summed E-state index contributed by atoms with van der Waals surface area (Å²) in [6.45, 7) is 9.83. The van der Waals surface area contributed by atoms with Crippen LogP contribution >= 0.6 is 0 Å². The molecule has 1 aliphatic rings. The molecule has 1 saturated heterocycles. The van der Waals surface area contributed by atoms with E-state index >= 15 is 0 Å². The van der Waals surface area contributed by atoms with Crippen molar-refractivity contribution < 1.29 is 4.79 Å². The maximum Gasteiger partial charge on any atom is 0.234 e. The molecule has 1 aliphatic heterocycles. The van der Waals surface area contributed by atoms with Crippen LogP contribution in [-0.2, 0) is 11.2 Å². The number of rotatable bonds is 7. The van der Waals surface area contributed by atoms with Crippen LogP contribution in [0.4, 0.5) is 0 Å². The first kappa shape index (κ1) is 21.2. The Balaban J connectivity index is 1.62. The van der Waals surface area contributed by atoms with Gasteiger partial charge in [0.15, 0.2) is 5.96 Å². The second-order valence-corrected chi connectivity index (χ2v) is 8.24. The van der Waals surface area contributed by atoms with Gasteiger partial charge in [-0.1, -0.05) is 6.07 Å². The Kier molecular flexibility index (Phi) is 8.03. The van der Waals surface area contributed by atoms with Gasteiger partial charge in [0.2, 0.25) is 5.91 Å². The summed E-state index contributed by atoms with van der Waals surface area (Å²) in [7, 11) is 0. The van der Waals surface area contributed by atoms with Crippen LogP contribution in [-0.4, -0.2) is 60.0 Å². The van der Waals surface area contributed by atoms with E-state index in [9.17, 15) is 4.79 Å². The molecule has 0 aromatic carbocycles. The van der Waals surface area contributed by atoms with Gasteiger partial charge in [-0.3, -0.25) is 19.7 Å². The summed E-state index contributed by atoms with van der Waals surface area (Å²) in [5.41, 5.74) is 6.83. The molecule has 0 atom stereocenters. The fourth-order valence-electron chi connectivity index (χ4n) is 3.14. The molecular weight excluding hydrogens is 340 g/mol. The van der Waals surface area contributed by atoms with Crippen molar-refractivity contribution in [3.05, 3.63) is 30.1 Å². The molecule has 0 unspecified atom stereocenters. The van der Waals surface area contributed by atoms with E-state index in [1.54, 1.807) is 6.20 Å². The second kappa shape index (κ2) is 10.3. The predicted octanol–water partition coefficient (Wildman–Crippen LogP) is 1.16. The van der Waals surface area contributed by atoms with E-state index in [4.69, 9.17) is 5.73 Å². The molecule has 0 spiro atoms. The molecule has 1 aromatic rings. The summed E-state index contributed by atoms with van der Waals surface area (Å²) >= 11 is 0. The maximum absolute atomic E-state index is 12.0. The number of pyridine rings is 1. The monoisotopic (exact) mass is 374 g/mol. The third-order valence-electron chi connectivity index (χ3n) is 4.52. The zero-order valence-corrected chi connectivity index (χ0v) is 16.9. The number of hydrogen-bond donors (Lipinski definition) is 3. The molecule has 150 valence electrons. The van der Waals surface area contributed by atoms with Crippen molar-refractivity contribution in [3.63, 3.8) is 0 Å². The quantitative estimate of drug-likeness (QED) is 0.492. The molecule has 1 aromatic heterocycles. The molecule has 27 heavy (non-hydrogen) atoms. The van der Waals surface area contributed by atoms with Gasteiger partial charge in [-0.15, -0.1) is 0 Å². The van der Waals surface area contributed by atoms with Gasteiger partial charge in [0.25, 0.3) is 0 Å². The van der Waals surface area contributed by atoms with Crippen molar-refractivity contribution in [1.82, 2.24) is 20.5 Å². The van der Waals surface area contributed by atoms with Crippen LogP contribution in [0.15, 0.2) is 29.4 Å². The molecule has 7 heteroatoms. The van der Waals surface area contributed by atoms with E-state index in [1.165, 1.54) is 0 Å². The summed E-state index contributed by atoms with van der Waals surface area (Å²) in [6, 6.07) is 5.90. The van der Waals surface area contributed by atoms with E-state index in [1.807, 2.05) is 39.0 Å². The number of nitrogens with two attached hydrogens (primary N) is 1. The molecule has 0 saturated carbocycles. The van der Waals surface area contributed by atoms with Crippen molar-refractivity contribution in [2.75, 3.05) is 32.7 Å². The fraction of sp³-hybridized carbons (Fsp3) is 0.650. The van der Waals surface area contributed by atoms with E-state index in [0.29, 0.717) is 18.4 Å². The van der Waals surface area contributed by atoms with Crippen LogP contribution in [0.25, 0.3) is 0 Å². The third kappa shape index (κ3) is 8.86. The van der Waals surface area contributed by atoms with Crippen LogP contribution in [0, 0.1) is 5.92 Å². The van der Waals surface area contributed by atoms with Gasteiger partial charge in [0.1, 0.15) is 0 Å². The summed E-state index contributed by atoms with van der Waals surface area (Å²) < 4.78 is 0. The highest BCUT2D eigenvalue weighted by atomic mass is 16.2. The Morgan fingerprint density at radius 1 is 1.33 bits per heavy atom. The normalized spacial score (nSPS) is 16.9. The molecule has 4 N–H and O–H groups in total. The van der Waals surface area contributed by atoms with Gasteiger partial charge in [-0.25, -0.2) is 0 Å². The van der Waals surface area contributed by atoms with Gasteiger partial charge >= 0.3 is 0 Å². The number of amides is 1. The lowest BCUT2D eigenvalue weighted by Crippen LogP contribution is -2.47. The van der Waals surface area contributed by atoms with Gasteiger partial charge in [-0.2, -0.15) is 0 Å². The van der Waals surface area contributed by atoms with E-state index < -0.39 is 0 Å². The van der Waals surface area contributed by atoms with Crippen molar-refractivity contribution in [3.8, 4) is 0 Å². The number of nitrogens with zero attached hydrogens (tertiary/aromatic N) is 3. The van der Waals surface area contributed by atoms with Gasteiger partial charge in [-0.05, 0) is 64.8 Å². The highest BCUT2D eigenvalue weighted by Crippen LogP contribution is 2.17. The highest BCUT2D eigenvalue weighted by molar-refractivity contribution is 5.78. The lowest BCUT2D eigenvalue weighted by atomic mass is 9.97.